The normalized spacial score (nSPS) is 10.2. The van der Waals surface area contributed by atoms with Gasteiger partial charge in [0.1, 0.15) is 5.75 Å². The molecule has 0 radical (unpaired) electrons. The summed E-state index contributed by atoms with van der Waals surface area (Å²) in [5, 5.41) is 3.10. The summed E-state index contributed by atoms with van der Waals surface area (Å²) in [6, 6.07) is 7.88. The molecule has 0 amide bonds. The Kier molecular flexibility index (Phi) is 5.74. The lowest BCUT2D eigenvalue weighted by Crippen LogP contribution is -2.08. The Morgan fingerprint density at radius 2 is 1.76 bits per heavy atom. The van der Waals surface area contributed by atoms with E-state index in [1.54, 1.807) is 0 Å². The van der Waals surface area contributed by atoms with Gasteiger partial charge in [-0.3, -0.25) is 0 Å². The molecule has 2 aromatic rings. The summed E-state index contributed by atoms with van der Waals surface area (Å²) in [5.74, 6) is 1.09. The number of ether oxygens (including phenoxy) is 2. The van der Waals surface area contributed by atoms with E-state index in [-0.39, 0.29) is 12.0 Å². The molecule has 0 saturated heterocycles. The van der Waals surface area contributed by atoms with Crippen LogP contribution in [-0.4, -0.2) is 28.1 Å². The zero-order chi connectivity index (χ0) is 15.1. The third-order valence-corrected chi connectivity index (χ3v) is 2.95. The minimum absolute atomic E-state index is 0.203. The van der Waals surface area contributed by atoms with Gasteiger partial charge in [-0.1, -0.05) is 22.9 Å². The van der Waals surface area contributed by atoms with Crippen molar-refractivity contribution in [2.24, 2.45) is 0 Å². The maximum Gasteiger partial charge on any atom is 0.330 e. The highest BCUT2D eigenvalue weighted by atomic mass is 79.9. The molecule has 2 rings (SSSR count). The third kappa shape index (κ3) is 4.86. The summed E-state index contributed by atoms with van der Waals surface area (Å²) in [7, 11) is 0. The largest absolute Gasteiger partial charge is 0.464 e. The van der Waals surface area contributed by atoms with Crippen molar-refractivity contribution >= 4 is 21.9 Å². The Morgan fingerprint density at radius 1 is 1.05 bits per heavy atom. The number of nitrogens with one attached hydrogen (secondary N) is 1. The molecule has 1 heterocycles. The van der Waals surface area contributed by atoms with Crippen LogP contribution in [0.3, 0.4) is 0 Å². The molecule has 1 aromatic heterocycles. The maximum absolute atomic E-state index is 5.64. The molecule has 1 aromatic carbocycles. The number of benzene rings is 1. The molecule has 0 unspecified atom stereocenters. The molecule has 0 aliphatic heterocycles. The molecular formula is C14H17BrN4O2. The van der Waals surface area contributed by atoms with Crippen LogP contribution in [0.5, 0.6) is 17.8 Å². The van der Waals surface area contributed by atoms with Gasteiger partial charge in [0.05, 0.1) is 6.61 Å². The quantitative estimate of drug-likeness (QED) is 0.820. The predicted octanol–water partition coefficient (Wildman–Crippen LogP) is 3.65. The van der Waals surface area contributed by atoms with Gasteiger partial charge in [-0.05, 0) is 37.6 Å². The molecule has 0 spiro atoms. The van der Waals surface area contributed by atoms with Crippen molar-refractivity contribution in [3.63, 3.8) is 0 Å². The second kappa shape index (κ2) is 7.78. The van der Waals surface area contributed by atoms with Crippen LogP contribution in [0, 0.1) is 0 Å². The molecule has 0 fully saturated rings. The van der Waals surface area contributed by atoms with E-state index in [4.69, 9.17) is 9.47 Å². The predicted molar refractivity (Wildman–Crippen MR) is 84.0 cm³/mol. The van der Waals surface area contributed by atoms with Gasteiger partial charge >= 0.3 is 12.0 Å². The number of anilines is 1. The van der Waals surface area contributed by atoms with E-state index >= 15 is 0 Å². The second-order valence-corrected chi connectivity index (χ2v) is 5.06. The molecular weight excluding hydrogens is 336 g/mol. The van der Waals surface area contributed by atoms with Crippen molar-refractivity contribution in [2.45, 2.75) is 20.3 Å². The minimum atomic E-state index is 0.203. The van der Waals surface area contributed by atoms with Crippen molar-refractivity contribution in [1.29, 1.82) is 0 Å². The summed E-state index contributed by atoms with van der Waals surface area (Å²) in [6.07, 6.45) is 0.971. The van der Waals surface area contributed by atoms with Gasteiger partial charge < -0.3 is 14.8 Å². The summed E-state index contributed by atoms with van der Waals surface area (Å²) < 4.78 is 11.9. The van der Waals surface area contributed by atoms with Crippen molar-refractivity contribution < 1.29 is 9.47 Å². The molecule has 0 aliphatic rings. The fourth-order valence-corrected chi connectivity index (χ4v) is 1.77. The molecule has 0 saturated carbocycles. The zero-order valence-corrected chi connectivity index (χ0v) is 13.6. The molecule has 0 aliphatic carbocycles. The number of hydrogen-bond donors (Lipinski definition) is 1. The first-order chi connectivity index (χ1) is 10.2. The summed E-state index contributed by atoms with van der Waals surface area (Å²) in [5.41, 5.74) is 0. The summed E-state index contributed by atoms with van der Waals surface area (Å²) in [4.78, 5) is 12.5. The van der Waals surface area contributed by atoms with E-state index in [9.17, 15) is 0 Å². The van der Waals surface area contributed by atoms with E-state index in [0.717, 1.165) is 17.4 Å². The third-order valence-electron chi connectivity index (χ3n) is 2.42. The topological polar surface area (TPSA) is 69.2 Å². The van der Waals surface area contributed by atoms with Crippen LogP contribution in [0.25, 0.3) is 0 Å². The maximum atomic E-state index is 5.64. The highest BCUT2D eigenvalue weighted by molar-refractivity contribution is 9.10. The van der Waals surface area contributed by atoms with Gasteiger partial charge in [0.15, 0.2) is 0 Å². The second-order valence-electron chi connectivity index (χ2n) is 4.14. The zero-order valence-electron chi connectivity index (χ0n) is 12.0. The van der Waals surface area contributed by atoms with Crippen LogP contribution in [0.2, 0.25) is 0 Å². The van der Waals surface area contributed by atoms with E-state index in [0.29, 0.717) is 18.3 Å². The molecule has 0 atom stereocenters. The van der Waals surface area contributed by atoms with Crippen molar-refractivity contribution in [3.8, 4) is 17.8 Å². The lowest BCUT2D eigenvalue weighted by Gasteiger charge is -2.09. The van der Waals surface area contributed by atoms with Crippen LogP contribution in [0.1, 0.15) is 20.3 Å². The molecule has 112 valence electrons. The van der Waals surface area contributed by atoms with Gasteiger partial charge in [0, 0.05) is 11.0 Å². The van der Waals surface area contributed by atoms with Gasteiger partial charge in [-0.2, -0.15) is 9.97 Å². The van der Waals surface area contributed by atoms with Crippen molar-refractivity contribution in [3.05, 3.63) is 28.7 Å². The summed E-state index contributed by atoms with van der Waals surface area (Å²) in [6.45, 7) is 5.19. The highest BCUT2D eigenvalue weighted by Crippen LogP contribution is 2.22. The SMILES string of the molecule is CCCNc1nc(OCC)nc(Oc2ccc(Br)cc2)n1. The van der Waals surface area contributed by atoms with E-state index in [1.807, 2.05) is 31.2 Å². The van der Waals surface area contributed by atoms with Gasteiger partial charge in [-0.25, -0.2) is 0 Å². The van der Waals surface area contributed by atoms with Gasteiger partial charge in [0.25, 0.3) is 0 Å². The Hall–Kier alpha value is -1.89. The van der Waals surface area contributed by atoms with E-state index < -0.39 is 0 Å². The first-order valence-corrected chi connectivity index (χ1v) is 7.56. The molecule has 7 heteroatoms. The average molecular weight is 353 g/mol. The number of nitrogens with zero attached hydrogens (tertiary/aromatic N) is 3. The molecule has 1 N–H and O–H groups in total. The first kappa shape index (κ1) is 15.5. The van der Waals surface area contributed by atoms with Gasteiger partial charge in [0.2, 0.25) is 5.95 Å². The van der Waals surface area contributed by atoms with E-state index in [1.165, 1.54) is 0 Å². The molecule has 21 heavy (non-hydrogen) atoms. The lowest BCUT2D eigenvalue weighted by atomic mass is 10.3. The average Bonchev–Trinajstić information content (AvgIpc) is 2.48. The first-order valence-electron chi connectivity index (χ1n) is 6.77. The Balaban J connectivity index is 2.19. The number of hydrogen-bond acceptors (Lipinski definition) is 6. The Bertz CT molecular complexity index is 578. The number of aromatic nitrogens is 3. The number of halogens is 1. The minimum Gasteiger partial charge on any atom is -0.464 e. The van der Waals surface area contributed by atoms with Crippen LogP contribution >= 0.6 is 15.9 Å². The smallest absolute Gasteiger partial charge is 0.330 e. The Morgan fingerprint density at radius 3 is 2.43 bits per heavy atom. The van der Waals surface area contributed by atoms with Crippen LogP contribution in [0.4, 0.5) is 5.95 Å². The van der Waals surface area contributed by atoms with Crippen LogP contribution in [0.15, 0.2) is 28.7 Å². The Labute approximate surface area is 132 Å². The summed E-state index contributed by atoms with van der Waals surface area (Å²) >= 11 is 3.38. The van der Waals surface area contributed by atoms with Crippen LogP contribution in [-0.2, 0) is 0 Å². The fourth-order valence-electron chi connectivity index (χ4n) is 1.50. The molecule has 6 nitrogen and oxygen atoms in total. The fraction of sp³-hybridized carbons (Fsp3) is 0.357. The highest BCUT2D eigenvalue weighted by Gasteiger charge is 2.09. The van der Waals surface area contributed by atoms with Crippen molar-refractivity contribution in [2.75, 3.05) is 18.5 Å². The van der Waals surface area contributed by atoms with E-state index in [2.05, 4.69) is 43.1 Å². The van der Waals surface area contributed by atoms with Gasteiger partial charge in [-0.15, -0.1) is 4.98 Å². The monoisotopic (exact) mass is 352 g/mol. The lowest BCUT2D eigenvalue weighted by molar-refractivity contribution is 0.304. The standard InChI is InChI=1S/C14H17BrN4O2/c1-3-9-16-12-17-13(20-4-2)19-14(18-12)21-11-7-5-10(15)6-8-11/h5-8H,3-4,9H2,1-2H3,(H,16,17,18,19). The molecule has 0 bridgehead atoms. The van der Waals surface area contributed by atoms with Crippen molar-refractivity contribution in [1.82, 2.24) is 15.0 Å². The number of rotatable bonds is 7. The van der Waals surface area contributed by atoms with Crippen LogP contribution < -0.4 is 14.8 Å².